The number of Topliss-reactive ketones (excluding diaryl/α,β-unsaturated/α-hetero) is 1. The first-order valence-corrected chi connectivity index (χ1v) is 6.44. The van der Waals surface area contributed by atoms with Crippen LogP contribution in [0.25, 0.3) is 0 Å². The monoisotopic (exact) mass is 273 g/mol. The van der Waals surface area contributed by atoms with Crippen molar-refractivity contribution in [3.8, 4) is 0 Å². The van der Waals surface area contributed by atoms with Gasteiger partial charge in [0.15, 0.2) is 5.84 Å². The molecule has 1 aromatic carbocycles. The van der Waals surface area contributed by atoms with Crippen molar-refractivity contribution >= 4 is 24.1 Å². The molecule has 1 unspecified atom stereocenters. The van der Waals surface area contributed by atoms with E-state index in [-0.39, 0.29) is 11.8 Å². The second-order valence-corrected chi connectivity index (χ2v) is 4.18. The number of nitrogens with zero attached hydrogens (tertiary/aromatic N) is 2. The van der Waals surface area contributed by atoms with Crippen molar-refractivity contribution in [2.45, 2.75) is 19.4 Å². The summed E-state index contributed by atoms with van der Waals surface area (Å²) < 4.78 is 0. The molecule has 0 radical (unpaired) electrons. The fraction of sp³-hybridized carbons (Fsp3) is 0.333. The predicted octanol–water partition coefficient (Wildman–Crippen LogP) is 1.27. The molecular formula is C15H19N3O2. The Labute approximate surface area is 118 Å². The third-order valence-corrected chi connectivity index (χ3v) is 3.02. The Bertz CT molecular complexity index is 505. The van der Waals surface area contributed by atoms with E-state index in [1.165, 1.54) is 0 Å². The summed E-state index contributed by atoms with van der Waals surface area (Å²) in [5, 5.41) is 2.98. The lowest BCUT2D eigenvalue weighted by Crippen LogP contribution is -2.37. The van der Waals surface area contributed by atoms with E-state index in [0.29, 0.717) is 12.4 Å². The first-order valence-electron chi connectivity index (χ1n) is 6.44. The van der Waals surface area contributed by atoms with Crippen molar-refractivity contribution in [1.82, 2.24) is 5.32 Å². The Morgan fingerprint density at radius 2 is 2.00 bits per heavy atom. The van der Waals surface area contributed by atoms with Crippen LogP contribution >= 0.6 is 0 Å². The zero-order chi connectivity index (χ0) is 15.0. The largest absolute Gasteiger partial charge is 0.310 e. The standard InChI is InChI=1S/C14H17N3O.CH2O/c1-3-11(15-2)13(18)14-16-9-12(17-14)10-7-5-4-6-8-10;1-2/h4-8,11,15H,3,9H2,1-2H3;1H2. The number of likely N-dealkylation sites (N-methyl/N-ethyl adjacent to an activating group) is 1. The molecule has 20 heavy (non-hydrogen) atoms. The van der Waals surface area contributed by atoms with Gasteiger partial charge in [-0.2, -0.15) is 0 Å². The third kappa shape index (κ3) is 3.68. The minimum Gasteiger partial charge on any atom is -0.310 e. The molecule has 1 aromatic rings. The average molecular weight is 273 g/mol. The summed E-state index contributed by atoms with van der Waals surface area (Å²) in [7, 11) is 1.78. The Hall–Kier alpha value is -2.14. The van der Waals surface area contributed by atoms with Crippen molar-refractivity contribution in [3.05, 3.63) is 35.9 Å². The maximum atomic E-state index is 12.1. The number of carbonyl (C=O) groups excluding carboxylic acids is 2. The molecule has 1 aliphatic rings. The minimum atomic E-state index is -0.192. The lowest BCUT2D eigenvalue weighted by molar-refractivity contribution is -0.114. The van der Waals surface area contributed by atoms with Gasteiger partial charge in [-0.25, -0.2) is 4.99 Å². The minimum absolute atomic E-state index is 0.0223. The molecule has 106 valence electrons. The zero-order valence-electron chi connectivity index (χ0n) is 11.8. The molecule has 5 heteroatoms. The number of nitrogens with one attached hydrogen (secondary N) is 1. The van der Waals surface area contributed by atoms with Crippen LogP contribution in [-0.2, 0) is 9.59 Å². The highest BCUT2D eigenvalue weighted by atomic mass is 16.1. The lowest BCUT2D eigenvalue weighted by atomic mass is 10.1. The van der Waals surface area contributed by atoms with E-state index in [2.05, 4.69) is 15.3 Å². The third-order valence-electron chi connectivity index (χ3n) is 3.02. The normalized spacial score (nSPS) is 14.7. The lowest BCUT2D eigenvalue weighted by Gasteiger charge is -2.10. The number of hydrogen-bond acceptors (Lipinski definition) is 5. The van der Waals surface area contributed by atoms with Gasteiger partial charge >= 0.3 is 0 Å². The van der Waals surface area contributed by atoms with Crippen LogP contribution in [0.2, 0.25) is 0 Å². The Morgan fingerprint density at radius 1 is 1.35 bits per heavy atom. The molecule has 0 spiro atoms. The maximum absolute atomic E-state index is 12.1. The highest BCUT2D eigenvalue weighted by Crippen LogP contribution is 2.09. The Balaban J connectivity index is 0.000000956. The fourth-order valence-electron chi connectivity index (χ4n) is 1.94. The molecule has 0 saturated carbocycles. The van der Waals surface area contributed by atoms with Crippen molar-refractivity contribution in [2.24, 2.45) is 9.98 Å². The summed E-state index contributed by atoms with van der Waals surface area (Å²) in [4.78, 5) is 28.7. The van der Waals surface area contributed by atoms with Crippen LogP contribution < -0.4 is 5.32 Å². The molecule has 1 N–H and O–H groups in total. The fourth-order valence-corrected chi connectivity index (χ4v) is 1.94. The summed E-state index contributed by atoms with van der Waals surface area (Å²) >= 11 is 0. The quantitative estimate of drug-likeness (QED) is 0.878. The van der Waals surface area contributed by atoms with E-state index >= 15 is 0 Å². The van der Waals surface area contributed by atoms with Crippen molar-refractivity contribution < 1.29 is 9.59 Å². The van der Waals surface area contributed by atoms with E-state index in [1.54, 1.807) is 7.05 Å². The molecular weight excluding hydrogens is 254 g/mol. The van der Waals surface area contributed by atoms with Gasteiger partial charge in [0, 0.05) is 0 Å². The number of rotatable bonds is 5. The number of benzene rings is 1. The number of aliphatic imine (C=N–C) groups is 2. The van der Waals surface area contributed by atoms with Crippen molar-refractivity contribution in [3.63, 3.8) is 0 Å². The van der Waals surface area contributed by atoms with Gasteiger partial charge in [0.1, 0.15) is 6.79 Å². The van der Waals surface area contributed by atoms with Crippen molar-refractivity contribution in [2.75, 3.05) is 13.6 Å². The first kappa shape index (κ1) is 15.9. The number of carbonyl (C=O) groups is 2. The second kappa shape index (κ2) is 8.12. The summed E-state index contributed by atoms with van der Waals surface area (Å²) in [5.41, 5.74) is 1.89. The molecule has 1 heterocycles. The highest BCUT2D eigenvalue weighted by Gasteiger charge is 2.23. The van der Waals surface area contributed by atoms with Gasteiger partial charge in [-0.3, -0.25) is 9.79 Å². The van der Waals surface area contributed by atoms with Crippen LogP contribution in [0.3, 0.4) is 0 Å². The molecule has 1 atom stereocenters. The van der Waals surface area contributed by atoms with Crippen LogP contribution in [0.15, 0.2) is 40.3 Å². The molecule has 0 aromatic heterocycles. The average Bonchev–Trinajstić information content (AvgIpc) is 3.01. The van der Waals surface area contributed by atoms with E-state index in [0.717, 1.165) is 17.7 Å². The van der Waals surface area contributed by atoms with Gasteiger partial charge < -0.3 is 10.1 Å². The van der Waals surface area contributed by atoms with Crippen LogP contribution in [0.4, 0.5) is 0 Å². The predicted molar refractivity (Wildman–Crippen MR) is 80.5 cm³/mol. The van der Waals surface area contributed by atoms with E-state index in [4.69, 9.17) is 4.79 Å². The number of hydrogen-bond donors (Lipinski definition) is 1. The Kier molecular flexibility index (Phi) is 6.46. The van der Waals surface area contributed by atoms with Crippen LogP contribution in [0.5, 0.6) is 0 Å². The second-order valence-electron chi connectivity index (χ2n) is 4.18. The Morgan fingerprint density at radius 3 is 2.55 bits per heavy atom. The molecule has 0 fully saturated rings. The van der Waals surface area contributed by atoms with Crippen LogP contribution in [-0.4, -0.2) is 43.8 Å². The summed E-state index contributed by atoms with van der Waals surface area (Å²) in [5.74, 6) is 0.320. The molecule has 0 saturated heterocycles. The summed E-state index contributed by atoms with van der Waals surface area (Å²) in [6.07, 6.45) is 0.741. The number of ketones is 1. The van der Waals surface area contributed by atoms with Gasteiger partial charge in [-0.1, -0.05) is 37.3 Å². The van der Waals surface area contributed by atoms with E-state index < -0.39 is 0 Å². The summed E-state index contributed by atoms with van der Waals surface area (Å²) in [6, 6.07) is 9.65. The first-order chi connectivity index (χ1) is 9.76. The molecule has 0 bridgehead atoms. The highest BCUT2D eigenvalue weighted by molar-refractivity contribution is 6.44. The van der Waals surface area contributed by atoms with Crippen molar-refractivity contribution in [1.29, 1.82) is 0 Å². The van der Waals surface area contributed by atoms with Gasteiger partial charge in [-0.15, -0.1) is 0 Å². The van der Waals surface area contributed by atoms with Gasteiger partial charge in [0.25, 0.3) is 0 Å². The summed E-state index contributed by atoms with van der Waals surface area (Å²) in [6.45, 7) is 4.46. The molecule has 0 amide bonds. The van der Waals surface area contributed by atoms with Crippen LogP contribution in [0.1, 0.15) is 18.9 Å². The SMILES string of the molecule is C=O.CCC(NC)C(=O)C1=NCC(c2ccccc2)=N1. The van der Waals surface area contributed by atoms with Crippen LogP contribution in [0, 0.1) is 0 Å². The topological polar surface area (TPSA) is 70.9 Å². The molecule has 0 aliphatic carbocycles. The van der Waals surface area contributed by atoms with Gasteiger partial charge in [0.2, 0.25) is 5.78 Å². The number of amidine groups is 1. The zero-order valence-corrected chi connectivity index (χ0v) is 11.8. The molecule has 2 rings (SSSR count). The van der Waals surface area contributed by atoms with E-state index in [1.807, 2.05) is 44.0 Å². The smallest absolute Gasteiger partial charge is 0.216 e. The molecule has 5 nitrogen and oxygen atoms in total. The van der Waals surface area contributed by atoms with Gasteiger partial charge in [0.05, 0.1) is 18.3 Å². The molecule has 1 aliphatic heterocycles. The maximum Gasteiger partial charge on any atom is 0.216 e. The van der Waals surface area contributed by atoms with E-state index in [9.17, 15) is 4.79 Å². The van der Waals surface area contributed by atoms with Gasteiger partial charge in [-0.05, 0) is 19.0 Å².